The van der Waals surface area contributed by atoms with Crippen LogP contribution in [0.15, 0.2) is 30.5 Å². The van der Waals surface area contributed by atoms with E-state index in [-0.39, 0.29) is 11.9 Å². The normalized spacial score (nSPS) is 16.2. The van der Waals surface area contributed by atoms with Crippen LogP contribution in [0.1, 0.15) is 60.2 Å². The number of aromatic nitrogens is 1. The maximum Gasteiger partial charge on any atom is 0.137 e. The number of ether oxygens (including phenoxy) is 1. The molecule has 0 N–H and O–H groups in total. The molecule has 3 nitrogen and oxygen atoms in total. The lowest BCUT2D eigenvalue weighted by Crippen LogP contribution is -2.09. The van der Waals surface area contributed by atoms with E-state index in [1.807, 2.05) is 37.4 Å². The fourth-order valence-electron chi connectivity index (χ4n) is 3.18. The zero-order chi connectivity index (χ0) is 17.1. The van der Waals surface area contributed by atoms with Gasteiger partial charge < -0.3 is 4.74 Å². The minimum atomic E-state index is -0.130. The average molecular weight is 344 g/mol. The van der Waals surface area contributed by atoms with Gasteiger partial charge in [0, 0.05) is 35.3 Å². The Labute approximate surface area is 148 Å². The third-order valence-corrected chi connectivity index (χ3v) is 4.83. The first-order valence-corrected chi connectivity index (χ1v) is 8.84. The number of benzene rings is 1. The topological polar surface area (TPSA) is 39.2 Å². The Bertz CT molecular complexity index is 740. The smallest absolute Gasteiger partial charge is 0.137 e. The van der Waals surface area contributed by atoms with Gasteiger partial charge in [-0.05, 0) is 42.2 Å². The highest BCUT2D eigenvalue weighted by molar-refractivity contribution is 6.30. The van der Waals surface area contributed by atoms with E-state index in [0.717, 1.165) is 40.8 Å². The van der Waals surface area contributed by atoms with Crippen LogP contribution in [0.3, 0.4) is 0 Å². The Balaban J connectivity index is 1.89. The summed E-state index contributed by atoms with van der Waals surface area (Å²) >= 11 is 5.97. The number of unbranched alkanes of at least 4 members (excludes halogenated alkanes) is 1. The lowest BCUT2D eigenvalue weighted by Gasteiger charge is -2.13. The largest absolute Gasteiger partial charge is 0.364 e. The van der Waals surface area contributed by atoms with Crippen molar-refractivity contribution < 1.29 is 9.53 Å². The highest BCUT2D eigenvalue weighted by atomic mass is 35.5. The summed E-state index contributed by atoms with van der Waals surface area (Å²) in [4.78, 5) is 16.7. The standard InChI is InChI=1S/C20H22ClNO2/c1-3-4-5-16(23)10-17-13(2)22-11-18-19(17)12-24-20(18)14-6-8-15(21)9-7-14/h6-9,11,20H,3-5,10,12H2,1-2H3. The minimum absolute atomic E-state index is 0.130. The second-order valence-electron chi connectivity index (χ2n) is 6.32. The van der Waals surface area contributed by atoms with Crippen LogP contribution in [0.4, 0.5) is 0 Å². The Morgan fingerprint density at radius 2 is 2.08 bits per heavy atom. The molecule has 0 saturated heterocycles. The van der Waals surface area contributed by atoms with Crippen LogP contribution in [0, 0.1) is 6.92 Å². The molecule has 1 aromatic carbocycles. The minimum Gasteiger partial charge on any atom is -0.364 e. The number of pyridine rings is 1. The van der Waals surface area contributed by atoms with E-state index in [1.165, 1.54) is 0 Å². The molecule has 24 heavy (non-hydrogen) atoms. The number of fused-ring (bicyclic) bond motifs is 1. The van der Waals surface area contributed by atoms with Crippen LogP contribution in [-0.2, 0) is 22.6 Å². The van der Waals surface area contributed by atoms with E-state index >= 15 is 0 Å². The molecule has 0 spiro atoms. The summed E-state index contributed by atoms with van der Waals surface area (Å²) in [6.45, 7) is 4.60. The maximum atomic E-state index is 12.2. The molecule has 0 saturated carbocycles. The SMILES string of the molecule is CCCCC(=O)Cc1c(C)ncc2c1COC2c1ccc(Cl)cc1. The quantitative estimate of drug-likeness (QED) is 0.743. The van der Waals surface area contributed by atoms with Crippen molar-refractivity contribution >= 4 is 17.4 Å². The molecule has 1 aromatic heterocycles. The predicted molar refractivity (Wildman–Crippen MR) is 95.3 cm³/mol. The van der Waals surface area contributed by atoms with Gasteiger partial charge in [0.1, 0.15) is 11.9 Å². The molecule has 0 bridgehead atoms. The molecule has 0 amide bonds. The molecular weight excluding hydrogens is 322 g/mol. The van der Waals surface area contributed by atoms with Crippen molar-refractivity contribution in [1.82, 2.24) is 4.98 Å². The molecule has 0 fully saturated rings. The van der Waals surface area contributed by atoms with Gasteiger partial charge in [0.25, 0.3) is 0 Å². The molecular formula is C20H22ClNO2. The summed E-state index contributed by atoms with van der Waals surface area (Å²) in [5.74, 6) is 0.282. The average Bonchev–Trinajstić information content (AvgIpc) is 3.00. The van der Waals surface area contributed by atoms with Gasteiger partial charge in [-0.3, -0.25) is 9.78 Å². The number of carbonyl (C=O) groups excluding carboxylic acids is 1. The number of aryl methyl sites for hydroxylation is 1. The first kappa shape index (κ1) is 17.1. The second-order valence-corrected chi connectivity index (χ2v) is 6.75. The predicted octanol–water partition coefficient (Wildman–Crippen LogP) is 4.96. The van der Waals surface area contributed by atoms with Gasteiger partial charge in [-0.2, -0.15) is 0 Å². The number of nitrogens with zero attached hydrogens (tertiary/aromatic N) is 1. The summed E-state index contributed by atoms with van der Waals surface area (Å²) in [6, 6.07) is 7.70. The van der Waals surface area contributed by atoms with Crippen LogP contribution in [0.25, 0.3) is 0 Å². The Hall–Kier alpha value is -1.71. The first-order valence-electron chi connectivity index (χ1n) is 8.46. The van der Waals surface area contributed by atoms with E-state index in [9.17, 15) is 4.79 Å². The molecule has 4 heteroatoms. The van der Waals surface area contributed by atoms with E-state index in [4.69, 9.17) is 16.3 Å². The van der Waals surface area contributed by atoms with E-state index < -0.39 is 0 Å². The Morgan fingerprint density at radius 1 is 1.33 bits per heavy atom. The summed E-state index contributed by atoms with van der Waals surface area (Å²) in [6.07, 6.45) is 4.84. The van der Waals surface area contributed by atoms with Crippen molar-refractivity contribution in [2.75, 3.05) is 0 Å². The van der Waals surface area contributed by atoms with Crippen molar-refractivity contribution in [3.05, 3.63) is 63.4 Å². The van der Waals surface area contributed by atoms with E-state index in [0.29, 0.717) is 24.5 Å². The number of carbonyl (C=O) groups is 1. The van der Waals surface area contributed by atoms with Gasteiger partial charge in [-0.15, -0.1) is 0 Å². The zero-order valence-corrected chi connectivity index (χ0v) is 14.9. The molecule has 2 heterocycles. The summed E-state index contributed by atoms with van der Waals surface area (Å²) in [5.41, 5.74) is 5.24. The molecule has 126 valence electrons. The van der Waals surface area contributed by atoms with Crippen LogP contribution in [0.2, 0.25) is 5.02 Å². The second kappa shape index (κ2) is 7.45. The van der Waals surface area contributed by atoms with Crippen LogP contribution >= 0.6 is 11.6 Å². The van der Waals surface area contributed by atoms with Crippen molar-refractivity contribution in [2.45, 2.75) is 52.2 Å². The summed E-state index contributed by atoms with van der Waals surface area (Å²) in [5, 5.41) is 0.709. The van der Waals surface area contributed by atoms with Crippen molar-refractivity contribution in [1.29, 1.82) is 0 Å². The number of rotatable bonds is 6. The molecule has 1 atom stereocenters. The third-order valence-electron chi connectivity index (χ3n) is 4.58. The number of hydrogen-bond donors (Lipinski definition) is 0. The molecule has 1 aliphatic heterocycles. The van der Waals surface area contributed by atoms with Crippen LogP contribution in [0.5, 0.6) is 0 Å². The van der Waals surface area contributed by atoms with Crippen molar-refractivity contribution in [2.24, 2.45) is 0 Å². The van der Waals surface area contributed by atoms with Crippen LogP contribution in [-0.4, -0.2) is 10.8 Å². The number of ketones is 1. The van der Waals surface area contributed by atoms with Gasteiger partial charge in [-0.25, -0.2) is 0 Å². The number of hydrogen-bond acceptors (Lipinski definition) is 3. The fourth-order valence-corrected chi connectivity index (χ4v) is 3.30. The fraction of sp³-hybridized carbons (Fsp3) is 0.400. The van der Waals surface area contributed by atoms with Gasteiger partial charge in [0.2, 0.25) is 0 Å². The van der Waals surface area contributed by atoms with E-state index in [2.05, 4.69) is 11.9 Å². The molecule has 0 radical (unpaired) electrons. The summed E-state index contributed by atoms with van der Waals surface area (Å²) in [7, 11) is 0. The van der Waals surface area contributed by atoms with Gasteiger partial charge in [0.15, 0.2) is 0 Å². The van der Waals surface area contributed by atoms with Gasteiger partial charge >= 0.3 is 0 Å². The van der Waals surface area contributed by atoms with Gasteiger partial charge in [0.05, 0.1) is 6.61 Å². The van der Waals surface area contributed by atoms with Crippen molar-refractivity contribution in [3.63, 3.8) is 0 Å². The lowest BCUT2D eigenvalue weighted by atomic mass is 9.94. The van der Waals surface area contributed by atoms with Crippen molar-refractivity contribution in [3.8, 4) is 0 Å². The zero-order valence-electron chi connectivity index (χ0n) is 14.1. The number of Topliss-reactive ketones (excluding diaryl/α,β-unsaturated/α-hetero) is 1. The maximum absolute atomic E-state index is 12.2. The molecule has 1 aliphatic rings. The molecule has 1 unspecified atom stereocenters. The number of halogens is 1. The monoisotopic (exact) mass is 343 g/mol. The molecule has 0 aliphatic carbocycles. The highest BCUT2D eigenvalue weighted by Gasteiger charge is 2.28. The Morgan fingerprint density at radius 3 is 2.79 bits per heavy atom. The van der Waals surface area contributed by atoms with Gasteiger partial charge in [-0.1, -0.05) is 37.1 Å². The molecule has 3 rings (SSSR count). The summed E-state index contributed by atoms with van der Waals surface area (Å²) < 4.78 is 6.01. The van der Waals surface area contributed by atoms with Crippen LogP contribution < -0.4 is 0 Å². The molecule has 2 aromatic rings. The highest BCUT2D eigenvalue weighted by Crippen LogP contribution is 2.38. The van der Waals surface area contributed by atoms with E-state index in [1.54, 1.807) is 0 Å². The first-order chi connectivity index (χ1) is 11.6. The Kier molecular flexibility index (Phi) is 5.32. The lowest BCUT2D eigenvalue weighted by molar-refractivity contribution is -0.118. The third kappa shape index (κ3) is 3.52.